The van der Waals surface area contributed by atoms with Gasteiger partial charge in [0.05, 0.1) is 27.4 Å². The zero-order valence-electron chi connectivity index (χ0n) is 15.6. The first kappa shape index (κ1) is 19.4. The topological polar surface area (TPSA) is 56.8 Å². The number of carbonyl (C=O) groups excluding carboxylic acids is 1. The van der Waals surface area contributed by atoms with Crippen LogP contribution < -0.4 is 19.5 Å². The Balaban J connectivity index is 2.16. The number of amides is 1. The SMILES string of the molecule is CCC(NC(=O)/C=C/c1cccc(OC)c1OC)c1ccccc1OC. The Hall–Kier alpha value is -2.95. The molecule has 2 aromatic carbocycles. The molecule has 0 heterocycles. The van der Waals surface area contributed by atoms with Crippen LogP contribution in [0.5, 0.6) is 17.2 Å². The lowest BCUT2D eigenvalue weighted by molar-refractivity contribution is -0.117. The Morgan fingerprint density at radius 2 is 1.69 bits per heavy atom. The van der Waals surface area contributed by atoms with Crippen molar-refractivity contribution in [3.05, 3.63) is 59.7 Å². The van der Waals surface area contributed by atoms with E-state index in [2.05, 4.69) is 5.32 Å². The largest absolute Gasteiger partial charge is 0.496 e. The highest BCUT2D eigenvalue weighted by Gasteiger charge is 2.15. The summed E-state index contributed by atoms with van der Waals surface area (Å²) in [6.07, 6.45) is 3.96. The number of nitrogens with one attached hydrogen (secondary N) is 1. The summed E-state index contributed by atoms with van der Waals surface area (Å²) in [5, 5.41) is 3.02. The van der Waals surface area contributed by atoms with E-state index in [1.54, 1.807) is 27.4 Å². The fraction of sp³-hybridized carbons (Fsp3) is 0.286. The maximum Gasteiger partial charge on any atom is 0.244 e. The third-order valence-corrected chi connectivity index (χ3v) is 4.09. The van der Waals surface area contributed by atoms with Gasteiger partial charge in [-0.1, -0.05) is 37.3 Å². The Labute approximate surface area is 154 Å². The second-order valence-corrected chi connectivity index (χ2v) is 5.63. The van der Waals surface area contributed by atoms with Gasteiger partial charge in [0.15, 0.2) is 11.5 Å². The molecule has 2 rings (SSSR count). The van der Waals surface area contributed by atoms with Crippen LogP contribution in [0.15, 0.2) is 48.5 Å². The molecule has 5 nitrogen and oxygen atoms in total. The molecular weight excluding hydrogens is 330 g/mol. The lowest BCUT2D eigenvalue weighted by Crippen LogP contribution is -2.26. The van der Waals surface area contributed by atoms with Crippen molar-refractivity contribution >= 4 is 12.0 Å². The molecule has 1 unspecified atom stereocenters. The summed E-state index contributed by atoms with van der Waals surface area (Å²) in [5.41, 5.74) is 1.73. The van der Waals surface area contributed by atoms with E-state index in [0.717, 1.165) is 23.3 Å². The number of benzene rings is 2. The van der Waals surface area contributed by atoms with Crippen LogP contribution in [0, 0.1) is 0 Å². The summed E-state index contributed by atoms with van der Waals surface area (Å²) in [7, 11) is 4.78. The third kappa shape index (κ3) is 4.57. The van der Waals surface area contributed by atoms with Crippen molar-refractivity contribution in [1.29, 1.82) is 0 Å². The monoisotopic (exact) mass is 355 g/mol. The van der Waals surface area contributed by atoms with Gasteiger partial charge in [-0.05, 0) is 24.6 Å². The van der Waals surface area contributed by atoms with Gasteiger partial charge in [0.2, 0.25) is 5.91 Å². The van der Waals surface area contributed by atoms with Crippen LogP contribution in [0.4, 0.5) is 0 Å². The number of rotatable bonds is 8. The van der Waals surface area contributed by atoms with E-state index in [1.165, 1.54) is 6.08 Å². The fourth-order valence-electron chi connectivity index (χ4n) is 2.78. The molecule has 26 heavy (non-hydrogen) atoms. The molecule has 0 bridgehead atoms. The second kappa shape index (κ2) is 9.51. The van der Waals surface area contributed by atoms with Gasteiger partial charge in [-0.15, -0.1) is 0 Å². The predicted molar refractivity (Wildman–Crippen MR) is 103 cm³/mol. The molecule has 0 radical (unpaired) electrons. The number of ether oxygens (including phenoxy) is 3. The first-order valence-electron chi connectivity index (χ1n) is 8.47. The zero-order valence-corrected chi connectivity index (χ0v) is 15.6. The Morgan fingerprint density at radius 1 is 1.00 bits per heavy atom. The molecule has 0 aliphatic carbocycles. The van der Waals surface area contributed by atoms with Crippen LogP contribution in [0.25, 0.3) is 6.08 Å². The van der Waals surface area contributed by atoms with Crippen LogP contribution in [0.1, 0.15) is 30.5 Å². The lowest BCUT2D eigenvalue weighted by Gasteiger charge is -2.19. The molecule has 0 aromatic heterocycles. The molecule has 1 N–H and O–H groups in total. The van der Waals surface area contributed by atoms with Crippen molar-refractivity contribution in [2.75, 3.05) is 21.3 Å². The van der Waals surface area contributed by atoms with Crippen molar-refractivity contribution in [3.63, 3.8) is 0 Å². The smallest absolute Gasteiger partial charge is 0.244 e. The fourth-order valence-corrected chi connectivity index (χ4v) is 2.78. The standard InChI is InChI=1S/C21H25NO4/c1-5-17(16-10-6-7-11-18(16)24-2)22-20(23)14-13-15-9-8-12-19(25-3)21(15)26-4/h6-14,17H,5H2,1-4H3,(H,22,23)/b14-13+. The van der Waals surface area contributed by atoms with Crippen LogP contribution in [-0.2, 0) is 4.79 Å². The maximum atomic E-state index is 12.4. The van der Waals surface area contributed by atoms with E-state index in [4.69, 9.17) is 14.2 Å². The van der Waals surface area contributed by atoms with Gasteiger partial charge in [-0.25, -0.2) is 0 Å². The van der Waals surface area contributed by atoms with E-state index in [9.17, 15) is 4.79 Å². The van der Waals surface area contributed by atoms with Crippen molar-refractivity contribution in [2.45, 2.75) is 19.4 Å². The molecule has 0 fully saturated rings. The van der Waals surface area contributed by atoms with Crippen LogP contribution in [-0.4, -0.2) is 27.2 Å². The Kier molecular flexibility index (Phi) is 7.09. The van der Waals surface area contributed by atoms with Crippen molar-refractivity contribution in [1.82, 2.24) is 5.32 Å². The maximum absolute atomic E-state index is 12.4. The van der Waals surface area contributed by atoms with Gasteiger partial charge in [0.1, 0.15) is 5.75 Å². The van der Waals surface area contributed by atoms with Gasteiger partial charge in [-0.3, -0.25) is 4.79 Å². The molecule has 1 atom stereocenters. The highest BCUT2D eigenvalue weighted by atomic mass is 16.5. The van der Waals surface area contributed by atoms with Crippen LogP contribution in [0.2, 0.25) is 0 Å². The molecule has 0 aliphatic heterocycles. The molecule has 0 saturated heterocycles. The Morgan fingerprint density at radius 3 is 2.35 bits per heavy atom. The molecule has 0 saturated carbocycles. The van der Waals surface area contributed by atoms with Crippen LogP contribution >= 0.6 is 0 Å². The molecule has 2 aromatic rings. The summed E-state index contributed by atoms with van der Waals surface area (Å²) >= 11 is 0. The minimum atomic E-state index is -0.187. The molecule has 1 amide bonds. The quantitative estimate of drug-likeness (QED) is 0.728. The second-order valence-electron chi connectivity index (χ2n) is 5.63. The molecule has 5 heteroatoms. The molecule has 0 aliphatic rings. The van der Waals surface area contributed by atoms with Gasteiger partial charge in [0, 0.05) is 17.2 Å². The minimum absolute atomic E-state index is 0.129. The van der Waals surface area contributed by atoms with E-state index < -0.39 is 0 Å². The van der Waals surface area contributed by atoms with Gasteiger partial charge in [-0.2, -0.15) is 0 Å². The van der Waals surface area contributed by atoms with E-state index in [1.807, 2.05) is 49.4 Å². The highest BCUT2D eigenvalue weighted by molar-refractivity contribution is 5.92. The van der Waals surface area contributed by atoms with E-state index >= 15 is 0 Å². The van der Waals surface area contributed by atoms with Gasteiger partial charge >= 0.3 is 0 Å². The van der Waals surface area contributed by atoms with Crippen molar-refractivity contribution in [3.8, 4) is 17.2 Å². The third-order valence-electron chi connectivity index (χ3n) is 4.09. The molecule has 138 valence electrons. The minimum Gasteiger partial charge on any atom is -0.496 e. The average molecular weight is 355 g/mol. The van der Waals surface area contributed by atoms with Crippen molar-refractivity contribution in [2.24, 2.45) is 0 Å². The predicted octanol–water partition coefficient (Wildman–Crippen LogP) is 3.99. The number of hydrogen-bond donors (Lipinski definition) is 1. The summed E-state index contributed by atoms with van der Waals surface area (Å²) in [6.45, 7) is 2.02. The summed E-state index contributed by atoms with van der Waals surface area (Å²) in [5.74, 6) is 1.79. The van der Waals surface area contributed by atoms with Crippen LogP contribution in [0.3, 0.4) is 0 Å². The molecular formula is C21H25NO4. The summed E-state index contributed by atoms with van der Waals surface area (Å²) < 4.78 is 16.0. The lowest BCUT2D eigenvalue weighted by atomic mass is 10.0. The van der Waals surface area contributed by atoms with Crippen molar-refractivity contribution < 1.29 is 19.0 Å². The summed E-state index contributed by atoms with van der Waals surface area (Å²) in [4.78, 5) is 12.4. The molecule has 0 spiro atoms. The first-order chi connectivity index (χ1) is 12.6. The zero-order chi connectivity index (χ0) is 18.9. The first-order valence-corrected chi connectivity index (χ1v) is 8.47. The van der Waals surface area contributed by atoms with E-state index in [0.29, 0.717) is 11.5 Å². The normalized spacial score (nSPS) is 11.8. The van der Waals surface area contributed by atoms with E-state index in [-0.39, 0.29) is 11.9 Å². The number of para-hydroxylation sites is 2. The number of hydrogen-bond acceptors (Lipinski definition) is 4. The van der Waals surface area contributed by atoms with Gasteiger partial charge < -0.3 is 19.5 Å². The summed E-state index contributed by atoms with van der Waals surface area (Å²) in [6, 6.07) is 13.1. The average Bonchev–Trinajstić information content (AvgIpc) is 2.69. The highest BCUT2D eigenvalue weighted by Crippen LogP contribution is 2.31. The number of methoxy groups -OCH3 is 3. The Bertz CT molecular complexity index is 770. The number of carbonyl (C=O) groups is 1. The van der Waals surface area contributed by atoms with Gasteiger partial charge in [0.25, 0.3) is 0 Å².